The van der Waals surface area contributed by atoms with Gasteiger partial charge in [0, 0.05) is 18.9 Å². The van der Waals surface area contributed by atoms with Gasteiger partial charge in [-0.25, -0.2) is 0 Å². The minimum absolute atomic E-state index is 0.342. The standard InChI is InChI=1S/C17H22N2O2/c20-17(14-21-13-16-5-2-1-3-6-16)12-19-10-8-15-7-4-9-18-11-15/h1-7,9,11,17,19-20H,8,10,12-14H2. The molecule has 1 aromatic carbocycles. The summed E-state index contributed by atoms with van der Waals surface area (Å²) in [5.74, 6) is 0. The largest absolute Gasteiger partial charge is 0.389 e. The number of aliphatic hydroxyl groups excluding tert-OH is 1. The van der Waals surface area contributed by atoms with Crippen LogP contribution in [0, 0.1) is 0 Å². The van der Waals surface area contributed by atoms with Crippen LogP contribution >= 0.6 is 0 Å². The van der Waals surface area contributed by atoms with Crippen molar-refractivity contribution in [3.8, 4) is 0 Å². The normalized spacial score (nSPS) is 12.2. The molecule has 4 heteroatoms. The molecule has 2 rings (SSSR count). The van der Waals surface area contributed by atoms with Gasteiger partial charge in [-0.3, -0.25) is 4.98 Å². The van der Waals surface area contributed by atoms with E-state index in [0.717, 1.165) is 18.5 Å². The molecular formula is C17H22N2O2. The lowest BCUT2D eigenvalue weighted by molar-refractivity contribution is 0.0290. The number of ether oxygens (including phenoxy) is 1. The summed E-state index contributed by atoms with van der Waals surface area (Å²) in [6.45, 7) is 2.23. The van der Waals surface area contributed by atoms with E-state index in [4.69, 9.17) is 4.74 Å². The van der Waals surface area contributed by atoms with E-state index in [1.54, 1.807) is 6.20 Å². The second-order valence-corrected chi connectivity index (χ2v) is 4.97. The summed E-state index contributed by atoms with van der Waals surface area (Å²) in [6.07, 6.45) is 4.06. The first-order valence-corrected chi connectivity index (χ1v) is 7.24. The molecule has 0 saturated carbocycles. The molecule has 21 heavy (non-hydrogen) atoms. The van der Waals surface area contributed by atoms with Gasteiger partial charge in [-0.15, -0.1) is 0 Å². The van der Waals surface area contributed by atoms with Gasteiger partial charge in [-0.2, -0.15) is 0 Å². The fourth-order valence-corrected chi connectivity index (χ4v) is 1.99. The number of nitrogens with one attached hydrogen (secondary N) is 1. The molecule has 1 aromatic heterocycles. The second-order valence-electron chi connectivity index (χ2n) is 4.97. The van der Waals surface area contributed by atoms with E-state index in [1.807, 2.05) is 48.7 Å². The summed E-state index contributed by atoms with van der Waals surface area (Å²) in [5.41, 5.74) is 2.31. The zero-order valence-electron chi connectivity index (χ0n) is 12.1. The fourth-order valence-electron chi connectivity index (χ4n) is 1.99. The molecule has 0 fully saturated rings. The molecule has 0 aliphatic carbocycles. The number of benzene rings is 1. The van der Waals surface area contributed by atoms with Crippen molar-refractivity contribution in [2.75, 3.05) is 19.7 Å². The van der Waals surface area contributed by atoms with E-state index in [9.17, 15) is 5.11 Å². The Hall–Kier alpha value is -1.75. The van der Waals surface area contributed by atoms with Crippen LogP contribution in [0.25, 0.3) is 0 Å². The molecule has 4 nitrogen and oxygen atoms in total. The van der Waals surface area contributed by atoms with Gasteiger partial charge in [0.25, 0.3) is 0 Å². The molecule has 0 aliphatic heterocycles. The first kappa shape index (κ1) is 15.6. The lowest BCUT2D eigenvalue weighted by atomic mass is 10.2. The Kier molecular flexibility index (Phi) is 6.88. The summed E-state index contributed by atoms with van der Waals surface area (Å²) in [7, 11) is 0. The minimum atomic E-state index is -0.484. The van der Waals surface area contributed by atoms with Gasteiger partial charge in [0.1, 0.15) is 0 Å². The average Bonchev–Trinajstić information content (AvgIpc) is 2.54. The smallest absolute Gasteiger partial charge is 0.0897 e. The maximum atomic E-state index is 9.82. The predicted octanol–water partition coefficient (Wildman–Crippen LogP) is 1.79. The minimum Gasteiger partial charge on any atom is -0.389 e. The predicted molar refractivity (Wildman–Crippen MR) is 82.9 cm³/mol. The SMILES string of the molecule is OC(CNCCc1cccnc1)COCc1ccccc1. The molecule has 1 heterocycles. The lowest BCUT2D eigenvalue weighted by Gasteiger charge is -2.12. The first-order chi connectivity index (χ1) is 10.3. The van der Waals surface area contributed by atoms with Crippen molar-refractivity contribution in [2.24, 2.45) is 0 Å². The molecule has 2 N–H and O–H groups in total. The Morgan fingerprint density at radius 2 is 1.90 bits per heavy atom. The third-order valence-electron chi connectivity index (χ3n) is 3.11. The molecule has 0 amide bonds. The van der Waals surface area contributed by atoms with Crippen LogP contribution in [-0.2, 0) is 17.8 Å². The molecule has 0 spiro atoms. The van der Waals surface area contributed by atoms with Gasteiger partial charge in [-0.05, 0) is 30.2 Å². The van der Waals surface area contributed by atoms with Gasteiger partial charge in [0.2, 0.25) is 0 Å². The van der Waals surface area contributed by atoms with Gasteiger partial charge in [0.05, 0.1) is 19.3 Å². The van der Waals surface area contributed by atoms with Crippen LogP contribution in [-0.4, -0.2) is 35.9 Å². The number of nitrogens with zero attached hydrogens (tertiary/aromatic N) is 1. The third kappa shape index (κ3) is 6.49. The van der Waals surface area contributed by atoms with Crippen molar-refractivity contribution in [2.45, 2.75) is 19.1 Å². The second kappa shape index (κ2) is 9.23. The molecule has 0 saturated heterocycles. The molecule has 2 aromatic rings. The van der Waals surface area contributed by atoms with Gasteiger partial charge in [-0.1, -0.05) is 36.4 Å². The Balaban J connectivity index is 1.52. The van der Waals surface area contributed by atoms with Crippen LogP contribution < -0.4 is 5.32 Å². The Labute approximate surface area is 125 Å². The van der Waals surface area contributed by atoms with Crippen LogP contribution in [0.1, 0.15) is 11.1 Å². The van der Waals surface area contributed by atoms with E-state index < -0.39 is 6.10 Å². The molecular weight excluding hydrogens is 264 g/mol. The summed E-state index contributed by atoms with van der Waals surface area (Å²) in [5, 5.41) is 13.0. The topological polar surface area (TPSA) is 54.4 Å². The quantitative estimate of drug-likeness (QED) is 0.690. The number of hydrogen-bond acceptors (Lipinski definition) is 4. The van der Waals surface area contributed by atoms with Crippen molar-refractivity contribution in [3.63, 3.8) is 0 Å². The molecule has 112 valence electrons. The van der Waals surface area contributed by atoms with E-state index in [2.05, 4.69) is 10.3 Å². The molecule has 0 radical (unpaired) electrons. The number of pyridine rings is 1. The maximum Gasteiger partial charge on any atom is 0.0897 e. The molecule has 0 bridgehead atoms. The van der Waals surface area contributed by atoms with Crippen LogP contribution in [0.3, 0.4) is 0 Å². The van der Waals surface area contributed by atoms with E-state index >= 15 is 0 Å². The Morgan fingerprint density at radius 1 is 1.10 bits per heavy atom. The zero-order valence-corrected chi connectivity index (χ0v) is 12.1. The van der Waals surface area contributed by atoms with Crippen molar-refractivity contribution < 1.29 is 9.84 Å². The number of aliphatic hydroxyl groups is 1. The summed E-state index contributed by atoms with van der Waals surface area (Å²) in [6, 6.07) is 13.9. The third-order valence-corrected chi connectivity index (χ3v) is 3.11. The maximum absolute atomic E-state index is 9.82. The van der Waals surface area contributed by atoms with Crippen LogP contribution in [0.4, 0.5) is 0 Å². The fraction of sp³-hybridized carbons (Fsp3) is 0.353. The summed E-state index contributed by atoms with van der Waals surface area (Å²) >= 11 is 0. The van der Waals surface area contributed by atoms with Crippen molar-refractivity contribution in [1.29, 1.82) is 0 Å². The highest BCUT2D eigenvalue weighted by atomic mass is 16.5. The molecule has 1 atom stereocenters. The highest BCUT2D eigenvalue weighted by molar-refractivity contribution is 5.13. The highest BCUT2D eigenvalue weighted by Crippen LogP contribution is 2.01. The zero-order chi connectivity index (χ0) is 14.8. The van der Waals surface area contributed by atoms with Crippen molar-refractivity contribution >= 4 is 0 Å². The van der Waals surface area contributed by atoms with Crippen LogP contribution in [0.2, 0.25) is 0 Å². The van der Waals surface area contributed by atoms with E-state index in [1.165, 1.54) is 5.56 Å². The van der Waals surface area contributed by atoms with Gasteiger partial charge >= 0.3 is 0 Å². The van der Waals surface area contributed by atoms with Crippen LogP contribution in [0.5, 0.6) is 0 Å². The van der Waals surface area contributed by atoms with E-state index in [0.29, 0.717) is 19.8 Å². The van der Waals surface area contributed by atoms with Crippen molar-refractivity contribution in [3.05, 3.63) is 66.0 Å². The van der Waals surface area contributed by atoms with Crippen LogP contribution in [0.15, 0.2) is 54.9 Å². The number of aromatic nitrogens is 1. The number of hydrogen-bond donors (Lipinski definition) is 2. The monoisotopic (exact) mass is 286 g/mol. The summed E-state index contributed by atoms with van der Waals surface area (Å²) in [4.78, 5) is 4.07. The van der Waals surface area contributed by atoms with Crippen molar-refractivity contribution in [1.82, 2.24) is 10.3 Å². The average molecular weight is 286 g/mol. The van der Waals surface area contributed by atoms with E-state index in [-0.39, 0.29) is 0 Å². The first-order valence-electron chi connectivity index (χ1n) is 7.24. The number of rotatable bonds is 9. The highest BCUT2D eigenvalue weighted by Gasteiger charge is 2.04. The van der Waals surface area contributed by atoms with Gasteiger partial charge in [0.15, 0.2) is 0 Å². The Morgan fingerprint density at radius 3 is 2.67 bits per heavy atom. The lowest BCUT2D eigenvalue weighted by Crippen LogP contribution is -2.31. The molecule has 1 unspecified atom stereocenters. The summed E-state index contributed by atoms with van der Waals surface area (Å²) < 4.78 is 5.50. The molecule has 0 aliphatic rings. The Bertz CT molecular complexity index is 491. The van der Waals surface area contributed by atoms with Gasteiger partial charge < -0.3 is 15.2 Å².